The normalized spacial score (nSPS) is 17.8. The highest BCUT2D eigenvalue weighted by atomic mass is 16.3. The molecule has 2 aromatic rings. The van der Waals surface area contributed by atoms with Crippen molar-refractivity contribution in [3.8, 4) is 11.5 Å². The summed E-state index contributed by atoms with van der Waals surface area (Å²) in [6.07, 6.45) is 2.31. The zero-order valence-electron chi connectivity index (χ0n) is 11.0. The molecule has 0 fully saturated rings. The predicted octanol–water partition coefficient (Wildman–Crippen LogP) is 3.09. The third-order valence-corrected chi connectivity index (χ3v) is 3.91. The van der Waals surface area contributed by atoms with Crippen LogP contribution in [-0.2, 0) is 12.8 Å². The number of Topliss-reactive ketones (excluding diaryl/α,β-unsaturated/α-hetero) is 1. The van der Waals surface area contributed by atoms with E-state index in [-0.39, 0.29) is 23.2 Å². The van der Waals surface area contributed by atoms with Gasteiger partial charge in [0.25, 0.3) is 0 Å². The van der Waals surface area contributed by atoms with Gasteiger partial charge in [-0.3, -0.25) is 4.79 Å². The number of aryl methyl sites for hydroxylation is 1. The Morgan fingerprint density at radius 3 is 2.45 bits per heavy atom. The molecular weight excluding hydrogens is 252 g/mol. The zero-order valence-corrected chi connectivity index (χ0v) is 11.0. The molecule has 1 atom stereocenters. The fraction of sp³-hybridized carbons (Fsp3) is 0.235. The molecule has 3 nitrogen and oxygen atoms in total. The Morgan fingerprint density at radius 2 is 1.70 bits per heavy atom. The lowest BCUT2D eigenvalue weighted by Crippen LogP contribution is -2.24. The number of carbonyl (C=O) groups is 1. The lowest BCUT2D eigenvalue weighted by Gasteiger charge is -2.23. The van der Waals surface area contributed by atoms with Crippen molar-refractivity contribution in [2.24, 2.45) is 5.92 Å². The average Bonchev–Trinajstić information content (AvgIpc) is 2.44. The number of aromatic hydroxyl groups is 2. The van der Waals surface area contributed by atoms with Gasteiger partial charge in [0.05, 0.1) is 0 Å². The second-order valence-electron chi connectivity index (χ2n) is 5.31. The molecular formula is C17H16O3. The van der Waals surface area contributed by atoms with Gasteiger partial charge in [0, 0.05) is 11.5 Å². The highest BCUT2D eigenvalue weighted by Gasteiger charge is 2.27. The maximum Gasteiger partial charge on any atom is 0.166 e. The molecule has 3 rings (SSSR count). The second-order valence-corrected chi connectivity index (χ2v) is 5.31. The number of fused-ring (bicyclic) bond motifs is 1. The first-order chi connectivity index (χ1) is 9.63. The summed E-state index contributed by atoms with van der Waals surface area (Å²) < 4.78 is 0. The van der Waals surface area contributed by atoms with Gasteiger partial charge in [0.15, 0.2) is 5.78 Å². The van der Waals surface area contributed by atoms with Crippen molar-refractivity contribution in [1.82, 2.24) is 0 Å². The quantitative estimate of drug-likeness (QED) is 0.880. The maximum atomic E-state index is 12.5. The first-order valence-corrected chi connectivity index (χ1v) is 6.77. The van der Waals surface area contributed by atoms with E-state index >= 15 is 0 Å². The Balaban J connectivity index is 1.81. The number of hydrogen-bond acceptors (Lipinski definition) is 3. The van der Waals surface area contributed by atoms with E-state index < -0.39 is 0 Å². The third-order valence-electron chi connectivity index (χ3n) is 3.91. The average molecular weight is 268 g/mol. The van der Waals surface area contributed by atoms with E-state index in [0.717, 1.165) is 29.5 Å². The minimum absolute atomic E-state index is 0.0171. The fourth-order valence-corrected chi connectivity index (χ4v) is 2.82. The van der Waals surface area contributed by atoms with Crippen LogP contribution in [0.5, 0.6) is 11.5 Å². The standard InChI is InChI=1S/C17H16O3/c18-14-5-1-11(2-6-14)9-13-4-3-12-10-15(19)7-8-16(12)17(13)20/h1-2,5-8,10,13,18-19H,3-4,9H2/t13-/m0/s1. The van der Waals surface area contributed by atoms with Crippen LogP contribution in [0.4, 0.5) is 0 Å². The molecule has 102 valence electrons. The number of rotatable bonds is 2. The van der Waals surface area contributed by atoms with Gasteiger partial charge in [-0.15, -0.1) is 0 Å². The molecule has 0 bridgehead atoms. The van der Waals surface area contributed by atoms with Crippen molar-refractivity contribution in [3.63, 3.8) is 0 Å². The topological polar surface area (TPSA) is 57.5 Å². The molecule has 0 spiro atoms. The van der Waals surface area contributed by atoms with E-state index in [4.69, 9.17) is 0 Å². The molecule has 0 aliphatic heterocycles. The number of hydrogen-bond donors (Lipinski definition) is 2. The van der Waals surface area contributed by atoms with Crippen LogP contribution < -0.4 is 0 Å². The summed E-state index contributed by atoms with van der Waals surface area (Å²) in [5.74, 6) is 0.592. The van der Waals surface area contributed by atoms with Crippen molar-refractivity contribution < 1.29 is 15.0 Å². The summed E-state index contributed by atoms with van der Waals surface area (Å²) >= 11 is 0. The van der Waals surface area contributed by atoms with Gasteiger partial charge in [-0.1, -0.05) is 12.1 Å². The minimum atomic E-state index is -0.0171. The molecule has 0 aromatic heterocycles. The molecule has 0 unspecified atom stereocenters. The third kappa shape index (κ3) is 2.39. The number of benzene rings is 2. The van der Waals surface area contributed by atoms with Gasteiger partial charge >= 0.3 is 0 Å². The SMILES string of the molecule is O=C1c2ccc(O)cc2CC[C@H]1Cc1ccc(O)cc1. The van der Waals surface area contributed by atoms with Gasteiger partial charge in [0.1, 0.15) is 11.5 Å². The van der Waals surface area contributed by atoms with E-state index in [0.29, 0.717) is 6.42 Å². The maximum absolute atomic E-state index is 12.5. The molecule has 1 aliphatic carbocycles. The second kappa shape index (κ2) is 5.00. The molecule has 20 heavy (non-hydrogen) atoms. The van der Waals surface area contributed by atoms with Crippen molar-refractivity contribution in [2.45, 2.75) is 19.3 Å². The molecule has 2 N–H and O–H groups in total. The van der Waals surface area contributed by atoms with Crippen LogP contribution in [-0.4, -0.2) is 16.0 Å². The van der Waals surface area contributed by atoms with Crippen LogP contribution in [0.1, 0.15) is 27.9 Å². The molecule has 1 aliphatic rings. The van der Waals surface area contributed by atoms with Crippen molar-refractivity contribution in [2.75, 3.05) is 0 Å². The van der Waals surface area contributed by atoms with Crippen molar-refractivity contribution in [3.05, 3.63) is 59.2 Å². The number of ketones is 1. The monoisotopic (exact) mass is 268 g/mol. The predicted molar refractivity (Wildman–Crippen MR) is 76.1 cm³/mol. The van der Waals surface area contributed by atoms with Gasteiger partial charge in [0.2, 0.25) is 0 Å². The summed E-state index contributed by atoms with van der Waals surface area (Å²) in [5, 5.41) is 18.7. The highest BCUT2D eigenvalue weighted by molar-refractivity contribution is 6.00. The van der Waals surface area contributed by atoms with Gasteiger partial charge < -0.3 is 10.2 Å². The Labute approximate surface area is 117 Å². The summed E-state index contributed by atoms with van der Waals surface area (Å²) in [4.78, 5) is 12.5. The smallest absolute Gasteiger partial charge is 0.166 e. The first kappa shape index (κ1) is 12.7. The van der Waals surface area contributed by atoms with E-state index in [2.05, 4.69) is 0 Å². The largest absolute Gasteiger partial charge is 0.508 e. The molecule has 3 heteroatoms. The number of carbonyl (C=O) groups excluding carboxylic acids is 1. The summed E-state index contributed by atoms with van der Waals surface area (Å²) in [6.45, 7) is 0. The summed E-state index contributed by atoms with van der Waals surface area (Å²) in [5.41, 5.74) is 2.73. The van der Waals surface area contributed by atoms with Crippen molar-refractivity contribution >= 4 is 5.78 Å². The van der Waals surface area contributed by atoms with E-state index in [1.165, 1.54) is 0 Å². The number of phenols is 2. The van der Waals surface area contributed by atoms with Gasteiger partial charge in [-0.25, -0.2) is 0 Å². The Bertz CT molecular complexity index is 644. The fourth-order valence-electron chi connectivity index (χ4n) is 2.82. The highest BCUT2D eigenvalue weighted by Crippen LogP contribution is 2.30. The zero-order chi connectivity index (χ0) is 14.1. The van der Waals surface area contributed by atoms with Crippen LogP contribution in [0.25, 0.3) is 0 Å². The van der Waals surface area contributed by atoms with Crippen LogP contribution in [0.15, 0.2) is 42.5 Å². The Morgan fingerprint density at radius 1 is 1.00 bits per heavy atom. The first-order valence-electron chi connectivity index (χ1n) is 6.77. The molecule has 0 amide bonds. The van der Waals surface area contributed by atoms with E-state index in [9.17, 15) is 15.0 Å². The summed E-state index contributed by atoms with van der Waals surface area (Å²) in [7, 11) is 0. The Hall–Kier alpha value is -2.29. The summed E-state index contributed by atoms with van der Waals surface area (Å²) in [6, 6.07) is 12.0. The minimum Gasteiger partial charge on any atom is -0.508 e. The Kier molecular flexibility index (Phi) is 3.18. The number of phenolic OH excluding ortho intramolecular Hbond substituents is 2. The van der Waals surface area contributed by atoms with E-state index in [1.807, 2.05) is 12.1 Å². The van der Waals surface area contributed by atoms with Crippen LogP contribution in [0.3, 0.4) is 0 Å². The van der Waals surface area contributed by atoms with Crippen molar-refractivity contribution in [1.29, 1.82) is 0 Å². The molecule has 0 saturated carbocycles. The molecule has 0 radical (unpaired) electrons. The lowest BCUT2D eigenvalue weighted by molar-refractivity contribution is 0.0901. The van der Waals surface area contributed by atoms with Crippen LogP contribution in [0, 0.1) is 5.92 Å². The van der Waals surface area contributed by atoms with E-state index in [1.54, 1.807) is 30.3 Å². The van der Waals surface area contributed by atoms with Gasteiger partial charge in [-0.2, -0.15) is 0 Å². The van der Waals surface area contributed by atoms with Gasteiger partial charge in [-0.05, 0) is 60.7 Å². The molecule has 2 aromatic carbocycles. The molecule has 0 heterocycles. The molecule has 0 saturated heterocycles. The van der Waals surface area contributed by atoms with Crippen LogP contribution in [0.2, 0.25) is 0 Å². The lowest BCUT2D eigenvalue weighted by atomic mass is 9.79. The van der Waals surface area contributed by atoms with Crippen LogP contribution >= 0.6 is 0 Å².